The molecule has 7 heteroatoms. The fraction of sp³-hybridized carbons (Fsp3) is 0.458. The minimum absolute atomic E-state index is 0.0561. The number of nitriles is 1. The molecule has 31 heavy (non-hydrogen) atoms. The van der Waals surface area contributed by atoms with E-state index in [9.17, 15) is 14.9 Å². The van der Waals surface area contributed by atoms with Gasteiger partial charge in [0.25, 0.3) is 0 Å². The summed E-state index contributed by atoms with van der Waals surface area (Å²) in [7, 11) is 0. The zero-order valence-corrected chi connectivity index (χ0v) is 18.1. The van der Waals surface area contributed by atoms with Gasteiger partial charge in [0, 0.05) is 23.1 Å². The molecule has 2 aromatic carbocycles. The molecule has 3 heterocycles. The maximum atomic E-state index is 13.8. The van der Waals surface area contributed by atoms with Crippen LogP contribution in [0.15, 0.2) is 36.4 Å². The maximum Gasteiger partial charge on any atom is 0.240 e. The van der Waals surface area contributed by atoms with Crippen molar-refractivity contribution < 1.29 is 18.5 Å². The zero-order valence-electron chi connectivity index (χ0n) is 17.2. The third kappa shape index (κ3) is 1.98. The Labute approximate surface area is 185 Å². The van der Waals surface area contributed by atoms with Crippen LogP contribution in [0.3, 0.4) is 0 Å². The Kier molecular flexibility index (Phi) is 3.79. The second kappa shape index (κ2) is 6.10. The smallest absolute Gasteiger partial charge is 0.240 e. The van der Waals surface area contributed by atoms with E-state index in [1.807, 2.05) is 31.2 Å². The highest BCUT2D eigenvalue weighted by Crippen LogP contribution is 2.73. The van der Waals surface area contributed by atoms with Crippen molar-refractivity contribution in [3.8, 4) is 6.07 Å². The van der Waals surface area contributed by atoms with E-state index in [1.54, 1.807) is 12.1 Å². The lowest BCUT2D eigenvalue weighted by atomic mass is 9.49. The fourth-order valence-corrected chi connectivity index (χ4v) is 7.47. The third-order valence-electron chi connectivity index (χ3n) is 8.48. The van der Waals surface area contributed by atoms with Crippen molar-refractivity contribution in [3.05, 3.63) is 42.0 Å². The standard InChI is InChI=1S/C24H22N2O4S/c1-3-23-12(2)18-17(29-31)10-24(18,30-23)20-19(23)21(27)26(22(20)28)16-9-8-13(11-25)14-6-4-5-7-15(14)16/h4-9,12,17-20,31H,3,10H2,1-2H3/t12-,17?,18-,19-,20+,23?,24?/m0/s1. The molecule has 3 saturated heterocycles. The van der Waals surface area contributed by atoms with Gasteiger partial charge in [-0.2, -0.15) is 5.26 Å². The number of fused-ring (bicyclic) bond motifs is 4. The number of amides is 2. The molecule has 6 nitrogen and oxygen atoms in total. The first-order valence-electron chi connectivity index (χ1n) is 10.7. The average Bonchev–Trinajstić information content (AvgIpc) is 3.30. The highest BCUT2D eigenvalue weighted by atomic mass is 32.1. The predicted octanol–water partition coefficient (Wildman–Crippen LogP) is 3.63. The summed E-state index contributed by atoms with van der Waals surface area (Å²) in [4.78, 5) is 29.0. The Morgan fingerprint density at radius 2 is 1.90 bits per heavy atom. The monoisotopic (exact) mass is 434 g/mol. The lowest BCUT2D eigenvalue weighted by molar-refractivity contribution is -0.168. The number of hydrogen-bond donors (Lipinski definition) is 1. The van der Waals surface area contributed by atoms with E-state index >= 15 is 0 Å². The molecule has 2 bridgehead atoms. The van der Waals surface area contributed by atoms with Crippen LogP contribution in [-0.2, 0) is 18.5 Å². The number of anilines is 1. The topological polar surface area (TPSA) is 79.6 Å². The van der Waals surface area contributed by atoms with Crippen molar-refractivity contribution in [3.63, 3.8) is 0 Å². The molecule has 6 rings (SSSR count). The van der Waals surface area contributed by atoms with Gasteiger partial charge < -0.3 is 8.92 Å². The van der Waals surface area contributed by atoms with Crippen molar-refractivity contribution in [1.82, 2.24) is 0 Å². The summed E-state index contributed by atoms with van der Waals surface area (Å²) in [5.41, 5.74) is -0.254. The van der Waals surface area contributed by atoms with Crippen LogP contribution < -0.4 is 4.90 Å². The maximum absolute atomic E-state index is 13.8. The van der Waals surface area contributed by atoms with Crippen LogP contribution in [0.2, 0.25) is 0 Å². The normalized spacial score (nSPS) is 40.1. The number of benzene rings is 2. The Hall–Kier alpha value is -2.40. The summed E-state index contributed by atoms with van der Waals surface area (Å²) in [6.45, 7) is 4.15. The predicted molar refractivity (Wildman–Crippen MR) is 116 cm³/mol. The van der Waals surface area contributed by atoms with Crippen molar-refractivity contribution in [2.75, 3.05) is 4.90 Å². The number of nitrogens with zero attached hydrogens (tertiary/aromatic N) is 2. The Morgan fingerprint density at radius 3 is 2.58 bits per heavy atom. The molecule has 2 aromatic rings. The molecule has 1 spiro atoms. The molecular formula is C24H22N2O4S. The lowest BCUT2D eigenvalue weighted by Gasteiger charge is -2.53. The first-order valence-corrected chi connectivity index (χ1v) is 11.1. The van der Waals surface area contributed by atoms with E-state index in [0.717, 1.165) is 10.8 Å². The van der Waals surface area contributed by atoms with Crippen molar-refractivity contribution in [1.29, 1.82) is 5.26 Å². The Bertz CT molecular complexity index is 1210. The van der Waals surface area contributed by atoms with Gasteiger partial charge in [-0.1, -0.05) is 38.1 Å². The summed E-state index contributed by atoms with van der Waals surface area (Å²) in [6, 6.07) is 13.0. The molecule has 4 aliphatic rings. The molecule has 0 aromatic heterocycles. The first kappa shape index (κ1) is 19.3. The zero-order chi connectivity index (χ0) is 21.7. The van der Waals surface area contributed by atoms with Crippen LogP contribution in [0.1, 0.15) is 32.3 Å². The first-order chi connectivity index (χ1) is 14.9. The molecule has 4 fully saturated rings. The number of carbonyl (C=O) groups excluding carboxylic acids is 2. The van der Waals surface area contributed by atoms with Crippen LogP contribution in [0, 0.1) is 35.0 Å². The van der Waals surface area contributed by atoms with Gasteiger partial charge in [-0.25, -0.2) is 4.90 Å². The van der Waals surface area contributed by atoms with Gasteiger partial charge in [-0.15, -0.1) is 0 Å². The van der Waals surface area contributed by atoms with Crippen LogP contribution >= 0.6 is 12.9 Å². The number of ether oxygens (including phenoxy) is 1. The van der Waals surface area contributed by atoms with E-state index in [-0.39, 0.29) is 29.8 Å². The summed E-state index contributed by atoms with van der Waals surface area (Å²) in [6.07, 6.45) is 1.17. The Balaban J connectivity index is 1.51. The molecule has 3 unspecified atom stereocenters. The summed E-state index contributed by atoms with van der Waals surface area (Å²) in [5.74, 6) is -1.24. The summed E-state index contributed by atoms with van der Waals surface area (Å²) in [5, 5.41) is 11.0. The van der Waals surface area contributed by atoms with Crippen LogP contribution in [0.4, 0.5) is 5.69 Å². The largest absolute Gasteiger partial charge is 0.366 e. The van der Waals surface area contributed by atoms with Crippen molar-refractivity contribution >= 4 is 41.2 Å². The molecule has 1 aliphatic carbocycles. The third-order valence-corrected chi connectivity index (χ3v) is 8.75. The minimum Gasteiger partial charge on any atom is -0.366 e. The molecule has 0 N–H and O–H groups in total. The average molecular weight is 435 g/mol. The molecule has 2 amide bonds. The van der Waals surface area contributed by atoms with E-state index in [2.05, 4.69) is 25.9 Å². The van der Waals surface area contributed by atoms with Gasteiger partial charge in [-0.05, 0) is 37.4 Å². The minimum atomic E-state index is -0.666. The second-order valence-corrected chi connectivity index (χ2v) is 9.50. The van der Waals surface area contributed by atoms with E-state index in [4.69, 9.17) is 8.92 Å². The van der Waals surface area contributed by atoms with Gasteiger partial charge in [0.2, 0.25) is 11.8 Å². The lowest BCUT2D eigenvalue weighted by Crippen LogP contribution is -2.64. The summed E-state index contributed by atoms with van der Waals surface area (Å²) < 4.78 is 12.0. The number of imide groups is 1. The van der Waals surface area contributed by atoms with E-state index in [0.29, 0.717) is 24.1 Å². The number of thiol groups is 1. The number of rotatable bonds is 3. The number of hydrogen-bond acceptors (Lipinski definition) is 6. The second-order valence-electron chi connectivity index (χ2n) is 9.28. The Morgan fingerprint density at radius 1 is 1.19 bits per heavy atom. The van der Waals surface area contributed by atoms with Crippen LogP contribution in [-0.4, -0.2) is 29.1 Å². The molecule has 0 radical (unpaired) electrons. The van der Waals surface area contributed by atoms with Gasteiger partial charge in [0.15, 0.2) is 0 Å². The summed E-state index contributed by atoms with van der Waals surface area (Å²) >= 11 is 4.04. The van der Waals surface area contributed by atoms with Gasteiger partial charge in [0.05, 0.1) is 46.5 Å². The molecule has 158 valence electrons. The van der Waals surface area contributed by atoms with Crippen LogP contribution in [0.25, 0.3) is 10.8 Å². The van der Waals surface area contributed by atoms with E-state index in [1.165, 1.54) is 4.90 Å². The van der Waals surface area contributed by atoms with Gasteiger partial charge in [0.1, 0.15) is 0 Å². The molecular weight excluding hydrogens is 412 g/mol. The highest BCUT2D eigenvalue weighted by Gasteiger charge is 2.85. The highest BCUT2D eigenvalue weighted by molar-refractivity contribution is 7.75. The molecule has 1 saturated carbocycles. The number of carbonyl (C=O) groups is 2. The fourth-order valence-electron chi connectivity index (χ4n) is 7.27. The SMILES string of the molecule is CCC12OC3(CC(OS)[C@@H]3[C@@H]1C)[C@H]1C(=O)N(c3ccc(C#N)c4ccccc34)C(=O)[C@H]12. The van der Waals surface area contributed by atoms with Crippen LogP contribution in [0.5, 0.6) is 0 Å². The van der Waals surface area contributed by atoms with Gasteiger partial charge >= 0.3 is 0 Å². The molecule has 7 atom stereocenters. The molecule has 3 aliphatic heterocycles. The van der Waals surface area contributed by atoms with E-state index < -0.39 is 23.0 Å². The van der Waals surface area contributed by atoms with Gasteiger partial charge in [-0.3, -0.25) is 9.59 Å². The van der Waals surface area contributed by atoms with Crippen molar-refractivity contribution in [2.24, 2.45) is 23.7 Å². The quantitative estimate of drug-likeness (QED) is 0.453. The van der Waals surface area contributed by atoms with Crippen molar-refractivity contribution in [2.45, 2.75) is 44.0 Å².